The molecular weight excluding hydrogens is 454 g/mol. The third kappa shape index (κ3) is 4.55. The molecule has 2 aliphatic heterocycles. The molecule has 0 spiro atoms. The molecule has 1 aromatic heterocycles. The van der Waals surface area contributed by atoms with Gasteiger partial charge in [-0.25, -0.2) is 27.5 Å². The number of hydrogen-bond acceptors (Lipinski definition) is 5. The smallest absolute Gasteiger partial charge is 0.266 e. The minimum atomic E-state index is -2.93. The van der Waals surface area contributed by atoms with E-state index in [9.17, 15) is 22.8 Å². The number of alkyl halides is 3. The van der Waals surface area contributed by atoms with Crippen molar-refractivity contribution in [3.8, 4) is 0 Å². The van der Waals surface area contributed by atoms with Crippen LogP contribution in [0.25, 0.3) is 0 Å². The molecule has 2 aliphatic rings. The molecule has 3 heterocycles. The number of amides is 2. The minimum absolute atomic E-state index is 0.0497. The maximum Gasteiger partial charge on any atom is 0.266 e. The van der Waals surface area contributed by atoms with Crippen LogP contribution in [0.2, 0.25) is 0 Å². The number of piperidine rings is 1. The minimum Gasteiger partial charge on any atom is -0.365 e. The lowest BCUT2D eigenvalue weighted by molar-refractivity contribution is -0.150. The van der Waals surface area contributed by atoms with Gasteiger partial charge in [0.05, 0.1) is 24.3 Å². The third-order valence-corrected chi connectivity index (χ3v) is 6.36. The van der Waals surface area contributed by atoms with Gasteiger partial charge in [0.1, 0.15) is 17.5 Å². The largest absolute Gasteiger partial charge is 0.365 e. The number of halogens is 4. The second-order valence-electron chi connectivity index (χ2n) is 8.65. The standard InChI is InChI=1S/C23H25F4N5O2/c1-13-29-18-12-32(22(34)23(27)6-8-31(9-7-23)14(2)33)11-17(18)21(30-13)28-10-15-4-3-5-16(19(15)24)20(25)26/h3-5,20H,6-12H2,1-2H3,(H,28,29,30). The average Bonchev–Trinajstić information content (AvgIpc) is 3.21. The van der Waals surface area contributed by atoms with Gasteiger partial charge in [-0.3, -0.25) is 9.59 Å². The highest BCUT2D eigenvalue weighted by Gasteiger charge is 2.46. The summed E-state index contributed by atoms with van der Waals surface area (Å²) in [5.41, 5.74) is -1.56. The zero-order valence-corrected chi connectivity index (χ0v) is 18.9. The first-order valence-corrected chi connectivity index (χ1v) is 11.0. The Balaban J connectivity index is 1.49. The number of nitrogens with zero attached hydrogens (tertiary/aromatic N) is 4. The fourth-order valence-electron chi connectivity index (χ4n) is 4.42. The Bertz CT molecular complexity index is 1120. The zero-order valence-electron chi connectivity index (χ0n) is 18.9. The zero-order chi connectivity index (χ0) is 24.6. The molecule has 1 aromatic carbocycles. The lowest BCUT2D eigenvalue weighted by Gasteiger charge is -2.36. The van der Waals surface area contributed by atoms with Crippen LogP contribution in [-0.4, -0.2) is 50.3 Å². The Labute approximate surface area is 194 Å². The van der Waals surface area contributed by atoms with E-state index in [0.717, 1.165) is 6.07 Å². The van der Waals surface area contributed by atoms with Gasteiger partial charge in [-0.2, -0.15) is 0 Å². The molecule has 34 heavy (non-hydrogen) atoms. The fraction of sp³-hybridized carbons (Fsp3) is 0.478. The quantitative estimate of drug-likeness (QED) is 0.663. The van der Waals surface area contributed by atoms with Crippen molar-refractivity contribution in [1.82, 2.24) is 19.8 Å². The third-order valence-electron chi connectivity index (χ3n) is 6.36. The van der Waals surface area contributed by atoms with E-state index in [1.54, 1.807) is 6.92 Å². The summed E-state index contributed by atoms with van der Waals surface area (Å²) in [6, 6.07) is 3.79. The fourth-order valence-corrected chi connectivity index (χ4v) is 4.42. The molecule has 0 saturated carbocycles. The highest BCUT2D eigenvalue weighted by atomic mass is 19.3. The molecule has 0 aliphatic carbocycles. The number of nitrogens with one attached hydrogen (secondary N) is 1. The first kappa shape index (κ1) is 23.9. The van der Waals surface area contributed by atoms with E-state index >= 15 is 4.39 Å². The number of benzene rings is 1. The molecule has 1 N–H and O–H groups in total. The van der Waals surface area contributed by atoms with Gasteiger partial charge in [-0.05, 0) is 6.92 Å². The van der Waals surface area contributed by atoms with Crippen molar-refractivity contribution in [3.05, 3.63) is 52.2 Å². The predicted molar refractivity (Wildman–Crippen MR) is 115 cm³/mol. The number of carbonyl (C=O) groups excluding carboxylic acids is 2. The van der Waals surface area contributed by atoms with Crippen LogP contribution in [0.5, 0.6) is 0 Å². The summed E-state index contributed by atoms with van der Waals surface area (Å²) in [6.45, 7) is 3.48. The number of hydrogen-bond donors (Lipinski definition) is 1. The predicted octanol–water partition coefficient (Wildman–Crippen LogP) is 3.67. The van der Waals surface area contributed by atoms with Crippen LogP contribution in [0.15, 0.2) is 18.2 Å². The van der Waals surface area contributed by atoms with Gasteiger partial charge >= 0.3 is 0 Å². The van der Waals surface area contributed by atoms with Crippen molar-refractivity contribution in [2.24, 2.45) is 0 Å². The molecule has 2 amide bonds. The molecule has 1 saturated heterocycles. The van der Waals surface area contributed by atoms with E-state index in [4.69, 9.17) is 0 Å². The summed E-state index contributed by atoms with van der Waals surface area (Å²) in [7, 11) is 0. The molecule has 11 heteroatoms. The van der Waals surface area contributed by atoms with Crippen LogP contribution in [-0.2, 0) is 29.2 Å². The Hall–Kier alpha value is -3.24. The monoisotopic (exact) mass is 479 g/mol. The molecule has 1 fully saturated rings. The van der Waals surface area contributed by atoms with Gasteiger partial charge in [0, 0.05) is 50.5 Å². The van der Waals surface area contributed by atoms with Gasteiger partial charge < -0.3 is 15.1 Å². The van der Waals surface area contributed by atoms with Crippen LogP contribution in [0, 0.1) is 12.7 Å². The molecule has 0 unspecified atom stereocenters. The van der Waals surface area contributed by atoms with Crippen molar-refractivity contribution >= 4 is 17.6 Å². The van der Waals surface area contributed by atoms with Gasteiger partial charge in [-0.15, -0.1) is 0 Å². The summed E-state index contributed by atoms with van der Waals surface area (Å²) >= 11 is 0. The molecule has 4 rings (SSSR count). The number of aryl methyl sites for hydroxylation is 1. The molecule has 0 bridgehead atoms. The summed E-state index contributed by atoms with van der Waals surface area (Å²) in [6.07, 6.45) is -3.08. The molecular formula is C23H25F4N5O2. The first-order valence-electron chi connectivity index (χ1n) is 11.0. The van der Waals surface area contributed by atoms with Gasteiger partial charge in [0.25, 0.3) is 12.3 Å². The maximum atomic E-state index is 15.5. The topological polar surface area (TPSA) is 78.4 Å². The van der Waals surface area contributed by atoms with Crippen molar-refractivity contribution < 1.29 is 27.2 Å². The Morgan fingerprint density at radius 3 is 2.50 bits per heavy atom. The number of fused-ring (bicyclic) bond motifs is 1. The van der Waals surface area contributed by atoms with E-state index in [0.29, 0.717) is 22.9 Å². The lowest BCUT2D eigenvalue weighted by atomic mass is 9.91. The Morgan fingerprint density at radius 1 is 1.15 bits per heavy atom. The Kier molecular flexibility index (Phi) is 6.46. The molecule has 0 radical (unpaired) electrons. The van der Waals surface area contributed by atoms with E-state index in [1.165, 1.54) is 28.9 Å². The van der Waals surface area contributed by atoms with Gasteiger partial charge in [0.2, 0.25) is 5.91 Å². The van der Waals surface area contributed by atoms with E-state index < -0.39 is 29.4 Å². The number of rotatable bonds is 5. The van der Waals surface area contributed by atoms with Crippen LogP contribution < -0.4 is 5.32 Å². The SMILES string of the molecule is CC(=O)N1CCC(F)(C(=O)N2Cc3nc(C)nc(NCc4cccc(C(F)F)c4F)c3C2)CC1. The molecule has 2 aromatic rings. The van der Waals surface area contributed by atoms with E-state index in [2.05, 4.69) is 15.3 Å². The van der Waals surface area contributed by atoms with E-state index in [1.807, 2.05) is 0 Å². The second-order valence-corrected chi connectivity index (χ2v) is 8.65. The summed E-state index contributed by atoms with van der Waals surface area (Å²) in [5, 5.41) is 2.96. The average molecular weight is 479 g/mol. The Morgan fingerprint density at radius 2 is 1.85 bits per heavy atom. The number of aromatic nitrogens is 2. The molecule has 7 nitrogen and oxygen atoms in total. The van der Waals surface area contributed by atoms with Gasteiger partial charge in [-0.1, -0.05) is 18.2 Å². The number of anilines is 1. The van der Waals surface area contributed by atoms with Crippen molar-refractivity contribution in [3.63, 3.8) is 0 Å². The van der Waals surface area contributed by atoms with Crippen LogP contribution >= 0.6 is 0 Å². The van der Waals surface area contributed by atoms with Crippen LogP contribution in [0.3, 0.4) is 0 Å². The van der Waals surface area contributed by atoms with Crippen LogP contribution in [0.4, 0.5) is 23.4 Å². The maximum absolute atomic E-state index is 15.5. The number of carbonyl (C=O) groups is 2. The lowest BCUT2D eigenvalue weighted by Crippen LogP contribution is -2.52. The van der Waals surface area contributed by atoms with Crippen molar-refractivity contribution in [2.45, 2.75) is 58.4 Å². The highest BCUT2D eigenvalue weighted by Crippen LogP contribution is 2.34. The summed E-state index contributed by atoms with van der Waals surface area (Å²) < 4.78 is 55.9. The van der Waals surface area contributed by atoms with Crippen molar-refractivity contribution in [1.29, 1.82) is 0 Å². The number of likely N-dealkylation sites (tertiary alicyclic amines) is 1. The molecule has 0 atom stereocenters. The highest BCUT2D eigenvalue weighted by molar-refractivity contribution is 5.86. The van der Waals surface area contributed by atoms with Crippen molar-refractivity contribution in [2.75, 3.05) is 18.4 Å². The molecule has 182 valence electrons. The normalized spacial score (nSPS) is 17.1. The summed E-state index contributed by atoms with van der Waals surface area (Å²) in [5.74, 6) is -1.05. The second kappa shape index (κ2) is 9.19. The first-order chi connectivity index (χ1) is 16.1. The van der Waals surface area contributed by atoms with Crippen LogP contribution in [0.1, 0.15) is 54.4 Å². The van der Waals surface area contributed by atoms with Gasteiger partial charge in [0.15, 0.2) is 5.67 Å². The van der Waals surface area contributed by atoms with E-state index in [-0.39, 0.29) is 57.0 Å². The summed E-state index contributed by atoms with van der Waals surface area (Å²) in [4.78, 5) is 36.1.